The van der Waals surface area contributed by atoms with Crippen LogP contribution in [0.1, 0.15) is 6.42 Å². The summed E-state index contributed by atoms with van der Waals surface area (Å²) in [6, 6.07) is 3.08. The van der Waals surface area contributed by atoms with Gasteiger partial charge in [-0.1, -0.05) is 0 Å². The summed E-state index contributed by atoms with van der Waals surface area (Å²) in [6.45, 7) is 1.06. The van der Waals surface area contributed by atoms with E-state index < -0.39 is 0 Å². The third-order valence-corrected chi connectivity index (χ3v) is 2.33. The topological polar surface area (TPSA) is 71.5 Å². The Bertz CT molecular complexity index is 361. The molecule has 0 saturated carbocycles. The molecule has 1 amide bonds. The van der Waals surface area contributed by atoms with E-state index in [2.05, 4.69) is 10.3 Å². The van der Waals surface area contributed by atoms with Crippen molar-refractivity contribution in [2.75, 3.05) is 18.5 Å². The first-order chi connectivity index (χ1) is 7.27. The van der Waals surface area contributed by atoms with Crippen molar-refractivity contribution in [3.05, 3.63) is 18.3 Å². The van der Waals surface area contributed by atoms with Crippen LogP contribution in [0.15, 0.2) is 18.3 Å². The number of nitrogens with one attached hydrogen (secondary N) is 1. The summed E-state index contributed by atoms with van der Waals surface area (Å²) in [6.07, 6.45) is 2.24. The van der Waals surface area contributed by atoms with Crippen LogP contribution in [0.5, 0.6) is 5.75 Å². The second-order valence-electron chi connectivity index (χ2n) is 3.42. The van der Waals surface area contributed by atoms with Gasteiger partial charge in [-0.05, 0) is 18.6 Å². The standard InChI is InChI=1S/C10H12N2O3/c13-8-2-1-4-11-9(8)12-10(14)7-3-5-15-6-7/h1-2,4,7,13H,3,5-6H2,(H,11,12,14). The van der Waals surface area contributed by atoms with Crippen molar-refractivity contribution in [2.45, 2.75) is 6.42 Å². The number of aromatic hydroxyl groups is 1. The molecule has 0 aromatic carbocycles. The second-order valence-corrected chi connectivity index (χ2v) is 3.42. The summed E-state index contributed by atoms with van der Waals surface area (Å²) >= 11 is 0. The Morgan fingerprint density at radius 2 is 2.53 bits per heavy atom. The van der Waals surface area contributed by atoms with E-state index >= 15 is 0 Å². The van der Waals surface area contributed by atoms with E-state index in [0.29, 0.717) is 13.2 Å². The minimum absolute atomic E-state index is 0.0234. The number of nitrogens with zero attached hydrogens (tertiary/aromatic N) is 1. The number of pyridine rings is 1. The lowest BCUT2D eigenvalue weighted by atomic mass is 10.1. The Kier molecular flexibility index (Phi) is 2.82. The molecule has 1 unspecified atom stereocenters. The number of ether oxygens (including phenoxy) is 1. The highest BCUT2D eigenvalue weighted by Crippen LogP contribution is 2.20. The number of hydrogen-bond donors (Lipinski definition) is 2. The van der Waals surface area contributed by atoms with E-state index in [1.54, 1.807) is 6.07 Å². The summed E-state index contributed by atoms with van der Waals surface area (Å²) < 4.78 is 5.10. The molecule has 0 radical (unpaired) electrons. The molecule has 80 valence electrons. The molecule has 1 aromatic heterocycles. The Morgan fingerprint density at radius 1 is 1.67 bits per heavy atom. The average molecular weight is 208 g/mol. The lowest BCUT2D eigenvalue weighted by Gasteiger charge is -2.09. The Labute approximate surface area is 87.1 Å². The first-order valence-electron chi connectivity index (χ1n) is 4.80. The first-order valence-corrected chi connectivity index (χ1v) is 4.80. The fraction of sp³-hybridized carbons (Fsp3) is 0.400. The molecule has 1 atom stereocenters. The van der Waals surface area contributed by atoms with Gasteiger partial charge in [-0.15, -0.1) is 0 Å². The highest BCUT2D eigenvalue weighted by atomic mass is 16.5. The molecule has 1 fully saturated rings. The molecule has 1 aromatic rings. The maximum absolute atomic E-state index is 11.6. The fourth-order valence-corrected chi connectivity index (χ4v) is 1.45. The monoisotopic (exact) mass is 208 g/mol. The van der Waals surface area contributed by atoms with Crippen LogP contribution in [0, 0.1) is 5.92 Å². The van der Waals surface area contributed by atoms with Gasteiger partial charge in [0.2, 0.25) is 5.91 Å². The summed E-state index contributed by atoms with van der Waals surface area (Å²) in [5, 5.41) is 12.0. The fourth-order valence-electron chi connectivity index (χ4n) is 1.45. The van der Waals surface area contributed by atoms with Crippen LogP contribution >= 0.6 is 0 Å². The Hall–Kier alpha value is -1.62. The van der Waals surface area contributed by atoms with Gasteiger partial charge in [0.25, 0.3) is 0 Å². The molecule has 1 aliphatic heterocycles. The molecule has 0 aliphatic carbocycles. The highest BCUT2D eigenvalue weighted by Gasteiger charge is 2.24. The highest BCUT2D eigenvalue weighted by molar-refractivity contribution is 5.93. The molecule has 2 rings (SSSR count). The molecule has 1 saturated heterocycles. The van der Waals surface area contributed by atoms with E-state index in [-0.39, 0.29) is 23.4 Å². The molecular formula is C10H12N2O3. The third-order valence-electron chi connectivity index (χ3n) is 2.33. The zero-order valence-corrected chi connectivity index (χ0v) is 8.14. The number of amides is 1. The summed E-state index contributed by atoms with van der Waals surface area (Å²) in [5.74, 6) is -0.105. The van der Waals surface area contributed by atoms with Crippen LogP contribution in [0.4, 0.5) is 5.82 Å². The van der Waals surface area contributed by atoms with Gasteiger partial charge >= 0.3 is 0 Å². The van der Waals surface area contributed by atoms with Gasteiger partial charge in [0, 0.05) is 12.8 Å². The minimum atomic E-state index is -0.151. The SMILES string of the molecule is O=C(Nc1ncccc1O)C1CCOC1. The van der Waals surface area contributed by atoms with Crippen molar-refractivity contribution in [3.63, 3.8) is 0 Å². The van der Waals surface area contributed by atoms with Gasteiger partial charge in [-0.2, -0.15) is 0 Å². The molecule has 2 heterocycles. The molecule has 1 aliphatic rings. The van der Waals surface area contributed by atoms with Crippen molar-refractivity contribution in [2.24, 2.45) is 5.92 Å². The largest absolute Gasteiger partial charge is 0.504 e. The van der Waals surface area contributed by atoms with Crippen LogP contribution in [0.25, 0.3) is 0 Å². The van der Waals surface area contributed by atoms with E-state index in [1.165, 1.54) is 12.3 Å². The lowest BCUT2D eigenvalue weighted by molar-refractivity contribution is -0.119. The molecular weight excluding hydrogens is 196 g/mol. The van der Waals surface area contributed by atoms with E-state index in [1.807, 2.05) is 0 Å². The second kappa shape index (κ2) is 4.27. The van der Waals surface area contributed by atoms with Crippen LogP contribution < -0.4 is 5.32 Å². The maximum atomic E-state index is 11.6. The maximum Gasteiger partial charge on any atom is 0.231 e. The van der Waals surface area contributed by atoms with Crippen molar-refractivity contribution in [1.29, 1.82) is 0 Å². The number of carbonyl (C=O) groups excluding carboxylic acids is 1. The summed E-state index contributed by atoms with van der Waals surface area (Å²) in [7, 11) is 0. The summed E-state index contributed by atoms with van der Waals surface area (Å²) in [4.78, 5) is 15.5. The summed E-state index contributed by atoms with van der Waals surface area (Å²) in [5.41, 5.74) is 0. The first kappa shape index (κ1) is 9.92. The number of rotatable bonds is 2. The predicted molar refractivity (Wildman–Crippen MR) is 53.5 cm³/mol. The smallest absolute Gasteiger partial charge is 0.231 e. The van der Waals surface area contributed by atoms with E-state index in [9.17, 15) is 9.90 Å². The van der Waals surface area contributed by atoms with Crippen molar-refractivity contribution < 1.29 is 14.6 Å². The number of aromatic nitrogens is 1. The molecule has 0 bridgehead atoms. The lowest BCUT2D eigenvalue weighted by Crippen LogP contribution is -2.23. The van der Waals surface area contributed by atoms with E-state index in [4.69, 9.17) is 4.74 Å². The third kappa shape index (κ3) is 2.24. The van der Waals surface area contributed by atoms with Gasteiger partial charge < -0.3 is 15.2 Å². The number of hydrogen-bond acceptors (Lipinski definition) is 4. The Morgan fingerprint density at radius 3 is 3.20 bits per heavy atom. The molecule has 15 heavy (non-hydrogen) atoms. The van der Waals surface area contributed by atoms with Gasteiger partial charge in [-0.3, -0.25) is 4.79 Å². The van der Waals surface area contributed by atoms with Crippen LogP contribution in [0.2, 0.25) is 0 Å². The van der Waals surface area contributed by atoms with Crippen molar-refractivity contribution in [3.8, 4) is 5.75 Å². The number of anilines is 1. The normalized spacial score (nSPS) is 20.1. The molecule has 2 N–H and O–H groups in total. The van der Waals surface area contributed by atoms with Crippen molar-refractivity contribution in [1.82, 2.24) is 4.98 Å². The van der Waals surface area contributed by atoms with Gasteiger partial charge in [0.1, 0.15) is 0 Å². The van der Waals surface area contributed by atoms with Crippen molar-refractivity contribution >= 4 is 11.7 Å². The quantitative estimate of drug-likeness (QED) is 0.752. The zero-order chi connectivity index (χ0) is 10.7. The van der Waals surface area contributed by atoms with Gasteiger partial charge in [-0.25, -0.2) is 4.98 Å². The zero-order valence-electron chi connectivity index (χ0n) is 8.14. The van der Waals surface area contributed by atoms with E-state index in [0.717, 1.165) is 6.42 Å². The van der Waals surface area contributed by atoms with Gasteiger partial charge in [0.15, 0.2) is 11.6 Å². The number of carbonyl (C=O) groups is 1. The average Bonchev–Trinajstić information content (AvgIpc) is 2.74. The predicted octanol–water partition coefficient (Wildman–Crippen LogP) is 0.762. The molecule has 0 spiro atoms. The molecule has 5 nitrogen and oxygen atoms in total. The van der Waals surface area contributed by atoms with Crippen LogP contribution in [0.3, 0.4) is 0 Å². The molecule has 5 heteroatoms. The van der Waals surface area contributed by atoms with Crippen LogP contribution in [-0.4, -0.2) is 29.2 Å². The van der Waals surface area contributed by atoms with Gasteiger partial charge in [0.05, 0.1) is 12.5 Å². The Balaban J connectivity index is 2.02. The van der Waals surface area contributed by atoms with Crippen LogP contribution in [-0.2, 0) is 9.53 Å². The minimum Gasteiger partial charge on any atom is -0.504 e.